The van der Waals surface area contributed by atoms with E-state index < -0.39 is 15.9 Å². The van der Waals surface area contributed by atoms with Crippen molar-refractivity contribution >= 4 is 27.3 Å². The number of carbonyl (C=O) groups is 1. The predicted octanol–water partition coefficient (Wildman–Crippen LogP) is 4.11. The van der Waals surface area contributed by atoms with Crippen molar-refractivity contribution in [3.8, 4) is 5.75 Å². The second-order valence-electron chi connectivity index (χ2n) is 8.38. The molecule has 2 saturated heterocycles. The van der Waals surface area contributed by atoms with E-state index in [2.05, 4.69) is 10.2 Å². The van der Waals surface area contributed by atoms with Crippen LogP contribution in [0.15, 0.2) is 47.4 Å². The van der Waals surface area contributed by atoms with Gasteiger partial charge in [0, 0.05) is 37.6 Å². The molecule has 2 aromatic rings. The third-order valence-electron chi connectivity index (χ3n) is 6.21. The van der Waals surface area contributed by atoms with Gasteiger partial charge in [-0.15, -0.1) is 0 Å². The van der Waals surface area contributed by atoms with Crippen LogP contribution in [-0.4, -0.2) is 51.9 Å². The van der Waals surface area contributed by atoms with E-state index in [1.54, 1.807) is 6.07 Å². The fraction of sp³-hybridized carbons (Fsp3) is 0.458. The molecular formula is C24H31N3O4S. The summed E-state index contributed by atoms with van der Waals surface area (Å²) >= 11 is 0. The fourth-order valence-corrected chi connectivity index (χ4v) is 5.93. The first-order chi connectivity index (χ1) is 15.5. The highest BCUT2D eigenvalue weighted by molar-refractivity contribution is 7.89. The molecule has 0 aromatic heterocycles. The zero-order valence-electron chi connectivity index (χ0n) is 18.5. The number of sulfonamides is 1. The van der Waals surface area contributed by atoms with Gasteiger partial charge in [-0.25, -0.2) is 8.42 Å². The van der Waals surface area contributed by atoms with Gasteiger partial charge in [-0.1, -0.05) is 12.8 Å². The third-order valence-corrected chi connectivity index (χ3v) is 8.11. The Hall–Kier alpha value is -2.58. The molecule has 1 N–H and O–H groups in total. The summed E-state index contributed by atoms with van der Waals surface area (Å²) in [5.41, 5.74) is 2.00. The first-order valence-corrected chi connectivity index (χ1v) is 12.8. The minimum Gasteiger partial charge on any atom is -0.496 e. The Morgan fingerprint density at radius 2 is 1.50 bits per heavy atom. The average Bonchev–Trinajstić information content (AvgIpc) is 3.20. The van der Waals surface area contributed by atoms with Crippen LogP contribution in [0.2, 0.25) is 0 Å². The number of ether oxygens (including phenoxy) is 1. The Bertz CT molecular complexity index is 1040. The number of benzene rings is 2. The molecule has 2 aliphatic heterocycles. The lowest BCUT2D eigenvalue weighted by Gasteiger charge is -2.21. The molecular weight excluding hydrogens is 426 g/mol. The van der Waals surface area contributed by atoms with Crippen molar-refractivity contribution in [2.75, 3.05) is 43.5 Å². The zero-order chi connectivity index (χ0) is 22.6. The van der Waals surface area contributed by atoms with Crippen LogP contribution >= 0.6 is 0 Å². The molecule has 0 spiro atoms. The van der Waals surface area contributed by atoms with Gasteiger partial charge in [0.15, 0.2) is 0 Å². The van der Waals surface area contributed by atoms with Crippen LogP contribution in [-0.2, 0) is 10.0 Å². The molecule has 0 radical (unpaired) electrons. The van der Waals surface area contributed by atoms with Gasteiger partial charge < -0.3 is 15.0 Å². The van der Waals surface area contributed by atoms with Gasteiger partial charge in [0.25, 0.3) is 5.91 Å². The molecule has 2 aliphatic rings. The van der Waals surface area contributed by atoms with Crippen molar-refractivity contribution in [3.63, 3.8) is 0 Å². The fourth-order valence-electron chi connectivity index (χ4n) is 4.39. The lowest BCUT2D eigenvalue weighted by atomic mass is 10.1. The molecule has 0 bridgehead atoms. The van der Waals surface area contributed by atoms with Crippen molar-refractivity contribution < 1.29 is 17.9 Å². The van der Waals surface area contributed by atoms with Crippen molar-refractivity contribution in [1.29, 1.82) is 0 Å². The summed E-state index contributed by atoms with van der Waals surface area (Å²) in [6, 6.07) is 12.2. The van der Waals surface area contributed by atoms with Gasteiger partial charge in [-0.3, -0.25) is 4.79 Å². The molecule has 2 heterocycles. The van der Waals surface area contributed by atoms with Gasteiger partial charge in [-0.05, 0) is 68.1 Å². The summed E-state index contributed by atoms with van der Waals surface area (Å²) in [5.74, 6) is -0.0605. The van der Waals surface area contributed by atoms with E-state index in [-0.39, 0.29) is 10.5 Å². The van der Waals surface area contributed by atoms with Gasteiger partial charge in [0.2, 0.25) is 10.0 Å². The maximum Gasteiger partial charge on any atom is 0.259 e. The molecule has 8 heteroatoms. The van der Waals surface area contributed by atoms with Crippen LogP contribution in [0.3, 0.4) is 0 Å². The van der Waals surface area contributed by atoms with Gasteiger partial charge in [-0.2, -0.15) is 4.31 Å². The molecule has 0 atom stereocenters. The normalized spacial score (nSPS) is 17.7. The standard InChI is InChI=1S/C24H31N3O4S/c1-31-23-13-12-21(32(29,30)27-16-4-2-3-5-17-27)18-22(23)24(28)25-19-8-10-20(11-9-19)26-14-6-7-15-26/h8-13,18H,2-7,14-17H2,1H3,(H,25,28). The first-order valence-electron chi connectivity index (χ1n) is 11.3. The second kappa shape index (κ2) is 9.92. The summed E-state index contributed by atoms with van der Waals surface area (Å²) in [5, 5.41) is 2.87. The molecule has 32 heavy (non-hydrogen) atoms. The highest BCUT2D eigenvalue weighted by Crippen LogP contribution is 2.28. The van der Waals surface area contributed by atoms with Gasteiger partial charge >= 0.3 is 0 Å². The lowest BCUT2D eigenvalue weighted by molar-refractivity contribution is 0.102. The monoisotopic (exact) mass is 457 g/mol. The average molecular weight is 458 g/mol. The van der Waals surface area contributed by atoms with Crippen LogP contribution in [0.1, 0.15) is 48.9 Å². The van der Waals surface area contributed by atoms with Crippen molar-refractivity contribution in [2.24, 2.45) is 0 Å². The van der Waals surface area contributed by atoms with Crippen LogP contribution < -0.4 is 15.0 Å². The van der Waals surface area contributed by atoms with Gasteiger partial charge in [0.05, 0.1) is 17.6 Å². The number of nitrogens with one attached hydrogen (secondary N) is 1. The molecule has 4 rings (SSSR count). The molecule has 1 amide bonds. The van der Waals surface area contributed by atoms with Crippen LogP contribution in [0.25, 0.3) is 0 Å². The van der Waals surface area contributed by atoms with Gasteiger partial charge in [0.1, 0.15) is 5.75 Å². The lowest BCUT2D eigenvalue weighted by Crippen LogP contribution is -2.32. The summed E-state index contributed by atoms with van der Waals surface area (Å²) in [7, 11) is -2.19. The maximum absolute atomic E-state index is 13.2. The molecule has 2 aromatic carbocycles. The number of methoxy groups -OCH3 is 1. The minimum absolute atomic E-state index is 0.120. The molecule has 7 nitrogen and oxygen atoms in total. The number of rotatable bonds is 6. The number of hydrogen-bond acceptors (Lipinski definition) is 5. The summed E-state index contributed by atoms with van der Waals surface area (Å²) in [6.45, 7) is 3.14. The third kappa shape index (κ3) is 4.91. The van der Waals surface area contributed by atoms with Crippen molar-refractivity contribution in [3.05, 3.63) is 48.0 Å². The van der Waals surface area contributed by atoms with E-state index in [4.69, 9.17) is 4.74 Å². The number of anilines is 2. The van der Waals surface area contributed by atoms with E-state index >= 15 is 0 Å². The molecule has 2 fully saturated rings. The zero-order valence-corrected chi connectivity index (χ0v) is 19.4. The molecule has 0 saturated carbocycles. The summed E-state index contributed by atoms with van der Waals surface area (Å²) in [6.07, 6.45) is 6.20. The predicted molar refractivity (Wildman–Crippen MR) is 126 cm³/mol. The SMILES string of the molecule is COc1ccc(S(=O)(=O)N2CCCCCC2)cc1C(=O)Nc1ccc(N2CCCC2)cc1. The van der Waals surface area contributed by atoms with E-state index in [1.165, 1.54) is 36.4 Å². The van der Waals surface area contributed by atoms with E-state index in [0.717, 1.165) is 44.5 Å². The van der Waals surface area contributed by atoms with E-state index in [1.807, 2.05) is 24.3 Å². The summed E-state index contributed by atoms with van der Waals surface area (Å²) < 4.78 is 33.2. The first kappa shape index (κ1) is 22.6. The largest absolute Gasteiger partial charge is 0.496 e. The number of amides is 1. The van der Waals surface area contributed by atoms with E-state index in [0.29, 0.717) is 24.5 Å². The Morgan fingerprint density at radius 1 is 0.875 bits per heavy atom. The number of hydrogen-bond donors (Lipinski definition) is 1. The smallest absolute Gasteiger partial charge is 0.259 e. The van der Waals surface area contributed by atoms with Crippen LogP contribution in [0.5, 0.6) is 5.75 Å². The Balaban J connectivity index is 1.54. The minimum atomic E-state index is -3.66. The Labute approximate surface area is 190 Å². The topological polar surface area (TPSA) is 79.0 Å². The quantitative estimate of drug-likeness (QED) is 0.706. The Kier molecular flexibility index (Phi) is 7.01. The molecule has 0 aliphatic carbocycles. The number of nitrogens with zero attached hydrogens (tertiary/aromatic N) is 2. The van der Waals surface area contributed by atoms with E-state index in [9.17, 15) is 13.2 Å². The highest BCUT2D eigenvalue weighted by Gasteiger charge is 2.27. The molecule has 0 unspecified atom stereocenters. The van der Waals surface area contributed by atoms with Crippen LogP contribution in [0.4, 0.5) is 11.4 Å². The Morgan fingerprint density at radius 3 is 2.12 bits per heavy atom. The number of carbonyl (C=O) groups excluding carboxylic acids is 1. The maximum atomic E-state index is 13.2. The second-order valence-corrected chi connectivity index (χ2v) is 10.3. The molecule has 172 valence electrons. The van der Waals surface area contributed by atoms with Crippen molar-refractivity contribution in [2.45, 2.75) is 43.4 Å². The van der Waals surface area contributed by atoms with Crippen LogP contribution in [0, 0.1) is 0 Å². The highest BCUT2D eigenvalue weighted by atomic mass is 32.2. The van der Waals surface area contributed by atoms with Crippen molar-refractivity contribution in [1.82, 2.24) is 4.31 Å². The summed E-state index contributed by atoms with van der Waals surface area (Å²) in [4.78, 5) is 15.5.